The fourth-order valence-electron chi connectivity index (χ4n) is 1.93. The molecule has 0 heterocycles. The van der Waals surface area contributed by atoms with Crippen molar-refractivity contribution in [3.63, 3.8) is 0 Å². The Morgan fingerprint density at radius 3 is 2.82 bits per heavy atom. The third-order valence-electron chi connectivity index (χ3n) is 3.19. The molecule has 2 rings (SSSR count). The predicted octanol–water partition coefficient (Wildman–Crippen LogP) is 3.09. The minimum atomic E-state index is -1.16. The summed E-state index contributed by atoms with van der Waals surface area (Å²) < 4.78 is 18.7. The number of carbonyl (C=O) groups is 1. The Morgan fingerprint density at radius 1 is 1.47 bits per heavy atom. The molecule has 0 aromatic heterocycles. The van der Waals surface area contributed by atoms with Gasteiger partial charge in [-0.1, -0.05) is 25.3 Å². The highest BCUT2D eigenvalue weighted by Gasteiger charge is 2.19. The molecule has 0 amide bonds. The second-order valence-corrected chi connectivity index (χ2v) is 4.36. The fourth-order valence-corrected chi connectivity index (χ4v) is 1.93. The van der Waals surface area contributed by atoms with Gasteiger partial charge in [-0.3, -0.25) is 0 Å². The molecule has 0 spiro atoms. The second kappa shape index (κ2) is 5.17. The summed E-state index contributed by atoms with van der Waals surface area (Å²) >= 11 is 0. The van der Waals surface area contributed by atoms with Crippen LogP contribution in [0.3, 0.4) is 0 Å². The van der Waals surface area contributed by atoms with Crippen LogP contribution in [-0.4, -0.2) is 17.7 Å². The van der Waals surface area contributed by atoms with Gasteiger partial charge in [-0.25, -0.2) is 9.18 Å². The Morgan fingerprint density at radius 2 is 2.24 bits per heavy atom. The molecule has 1 aromatic carbocycles. The van der Waals surface area contributed by atoms with Crippen molar-refractivity contribution in [2.24, 2.45) is 5.92 Å². The average molecular weight is 238 g/mol. The Bertz CT molecular complexity index is 413. The van der Waals surface area contributed by atoms with Crippen LogP contribution in [0.25, 0.3) is 0 Å². The summed E-state index contributed by atoms with van der Waals surface area (Å²) in [5, 5.41) is 8.91. The van der Waals surface area contributed by atoms with Gasteiger partial charge in [-0.2, -0.15) is 0 Å². The SMILES string of the molecule is O=C(O)c1cccc(F)c1OCCC1CCC1. The third kappa shape index (κ3) is 2.75. The Balaban J connectivity index is 2.00. The van der Waals surface area contributed by atoms with Gasteiger partial charge in [0.05, 0.1) is 6.61 Å². The highest BCUT2D eigenvalue weighted by molar-refractivity contribution is 5.90. The molecule has 17 heavy (non-hydrogen) atoms. The molecule has 3 nitrogen and oxygen atoms in total. The van der Waals surface area contributed by atoms with Gasteiger partial charge in [0.1, 0.15) is 5.56 Å². The molecule has 0 bridgehead atoms. The number of aromatic carboxylic acids is 1. The predicted molar refractivity (Wildman–Crippen MR) is 60.8 cm³/mol. The van der Waals surface area contributed by atoms with Crippen LogP contribution in [0.15, 0.2) is 18.2 Å². The van der Waals surface area contributed by atoms with Crippen molar-refractivity contribution in [2.45, 2.75) is 25.7 Å². The molecule has 1 N–H and O–H groups in total. The highest BCUT2D eigenvalue weighted by atomic mass is 19.1. The zero-order valence-electron chi connectivity index (χ0n) is 9.49. The molecule has 4 heteroatoms. The fraction of sp³-hybridized carbons (Fsp3) is 0.462. The minimum absolute atomic E-state index is 0.112. The number of hydrogen-bond donors (Lipinski definition) is 1. The molecule has 0 radical (unpaired) electrons. The summed E-state index contributed by atoms with van der Waals surface area (Å²) in [5.41, 5.74) is -0.112. The van der Waals surface area contributed by atoms with E-state index >= 15 is 0 Å². The monoisotopic (exact) mass is 238 g/mol. The maximum atomic E-state index is 13.4. The summed E-state index contributed by atoms with van der Waals surface area (Å²) in [6.45, 7) is 0.381. The summed E-state index contributed by atoms with van der Waals surface area (Å²) in [6.07, 6.45) is 4.52. The van der Waals surface area contributed by atoms with Gasteiger partial charge < -0.3 is 9.84 Å². The lowest BCUT2D eigenvalue weighted by Crippen LogP contribution is -2.15. The maximum Gasteiger partial charge on any atom is 0.339 e. The molecule has 92 valence electrons. The van der Waals surface area contributed by atoms with Crippen molar-refractivity contribution in [2.75, 3.05) is 6.61 Å². The summed E-state index contributed by atoms with van der Waals surface area (Å²) in [6, 6.07) is 3.94. The van der Waals surface area contributed by atoms with Crippen molar-refractivity contribution >= 4 is 5.97 Å². The molecular formula is C13H15FO3. The van der Waals surface area contributed by atoms with Crippen LogP contribution in [0.1, 0.15) is 36.0 Å². The van der Waals surface area contributed by atoms with Crippen LogP contribution in [0, 0.1) is 11.7 Å². The van der Waals surface area contributed by atoms with Gasteiger partial charge in [-0.05, 0) is 24.5 Å². The Labute approximate surface area is 99.2 Å². The van der Waals surface area contributed by atoms with Gasteiger partial charge >= 0.3 is 5.97 Å². The molecule has 1 aliphatic carbocycles. The summed E-state index contributed by atoms with van der Waals surface area (Å²) in [5.74, 6) is -1.25. The van der Waals surface area contributed by atoms with Crippen molar-refractivity contribution < 1.29 is 19.0 Å². The van der Waals surface area contributed by atoms with E-state index in [4.69, 9.17) is 9.84 Å². The van der Waals surface area contributed by atoms with Crippen molar-refractivity contribution in [1.82, 2.24) is 0 Å². The molecular weight excluding hydrogens is 223 g/mol. The van der Waals surface area contributed by atoms with E-state index in [1.807, 2.05) is 0 Å². The molecule has 1 saturated carbocycles. The molecule has 1 fully saturated rings. The first-order valence-electron chi connectivity index (χ1n) is 5.83. The van der Waals surface area contributed by atoms with Crippen LogP contribution < -0.4 is 4.74 Å². The first-order chi connectivity index (χ1) is 8.18. The average Bonchev–Trinajstić information content (AvgIpc) is 2.23. The van der Waals surface area contributed by atoms with Crippen molar-refractivity contribution in [1.29, 1.82) is 0 Å². The topological polar surface area (TPSA) is 46.5 Å². The smallest absolute Gasteiger partial charge is 0.339 e. The van der Waals surface area contributed by atoms with E-state index in [2.05, 4.69) is 0 Å². The first kappa shape index (κ1) is 11.9. The van der Waals surface area contributed by atoms with E-state index in [-0.39, 0.29) is 11.3 Å². The largest absolute Gasteiger partial charge is 0.490 e. The van der Waals surface area contributed by atoms with E-state index in [1.165, 1.54) is 37.5 Å². The van der Waals surface area contributed by atoms with Gasteiger partial charge in [0.25, 0.3) is 0 Å². The normalized spacial score (nSPS) is 15.4. The number of benzene rings is 1. The van der Waals surface area contributed by atoms with Crippen molar-refractivity contribution in [3.05, 3.63) is 29.6 Å². The number of hydrogen-bond acceptors (Lipinski definition) is 2. The lowest BCUT2D eigenvalue weighted by atomic mass is 9.83. The zero-order chi connectivity index (χ0) is 12.3. The van der Waals surface area contributed by atoms with Crippen molar-refractivity contribution in [3.8, 4) is 5.75 Å². The Kier molecular flexibility index (Phi) is 3.61. The first-order valence-corrected chi connectivity index (χ1v) is 5.83. The van der Waals surface area contributed by atoms with Gasteiger partial charge in [-0.15, -0.1) is 0 Å². The van der Waals surface area contributed by atoms with Crippen LogP contribution in [0.5, 0.6) is 5.75 Å². The lowest BCUT2D eigenvalue weighted by molar-refractivity contribution is 0.0690. The number of rotatable bonds is 5. The highest BCUT2D eigenvalue weighted by Crippen LogP contribution is 2.30. The third-order valence-corrected chi connectivity index (χ3v) is 3.19. The number of halogens is 1. The molecule has 0 aliphatic heterocycles. The molecule has 1 aliphatic rings. The zero-order valence-corrected chi connectivity index (χ0v) is 9.49. The van der Waals surface area contributed by atoms with E-state index in [9.17, 15) is 9.18 Å². The maximum absolute atomic E-state index is 13.4. The molecule has 0 atom stereocenters. The molecule has 0 unspecified atom stereocenters. The van der Waals surface area contributed by atoms with Crippen LogP contribution >= 0.6 is 0 Å². The molecule has 0 saturated heterocycles. The summed E-state index contributed by atoms with van der Waals surface area (Å²) in [4.78, 5) is 10.9. The number of carboxylic acids is 1. The van der Waals surface area contributed by atoms with Gasteiger partial charge in [0, 0.05) is 0 Å². The van der Waals surface area contributed by atoms with E-state index < -0.39 is 11.8 Å². The van der Waals surface area contributed by atoms with E-state index in [1.54, 1.807) is 0 Å². The number of carboxylic acid groups (broad SMARTS) is 1. The van der Waals surface area contributed by atoms with Crippen LogP contribution in [0.2, 0.25) is 0 Å². The van der Waals surface area contributed by atoms with Crippen LogP contribution in [-0.2, 0) is 0 Å². The second-order valence-electron chi connectivity index (χ2n) is 4.36. The number of para-hydroxylation sites is 1. The van der Waals surface area contributed by atoms with E-state index in [0.29, 0.717) is 12.5 Å². The van der Waals surface area contributed by atoms with E-state index in [0.717, 1.165) is 6.42 Å². The summed E-state index contributed by atoms with van der Waals surface area (Å²) in [7, 11) is 0. The minimum Gasteiger partial charge on any atom is -0.490 e. The molecule has 1 aromatic rings. The lowest BCUT2D eigenvalue weighted by Gasteiger charge is -2.25. The standard InChI is InChI=1S/C13H15FO3/c14-11-6-2-5-10(13(15)16)12(11)17-8-7-9-3-1-4-9/h2,5-6,9H,1,3-4,7-8H2,(H,15,16). The Hall–Kier alpha value is -1.58. The number of ether oxygens (including phenoxy) is 1. The van der Waals surface area contributed by atoms with Gasteiger partial charge in [0.15, 0.2) is 11.6 Å². The van der Waals surface area contributed by atoms with Crippen LogP contribution in [0.4, 0.5) is 4.39 Å². The van der Waals surface area contributed by atoms with Gasteiger partial charge in [0.2, 0.25) is 0 Å². The quantitative estimate of drug-likeness (QED) is 0.857.